The van der Waals surface area contributed by atoms with E-state index >= 15 is 0 Å². The molecule has 3 rings (SSSR count). The molecular formula is C18H26ClN7O6S2. The van der Waals surface area contributed by atoms with Gasteiger partial charge < -0.3 is 20.7 Å². The summed E-state index contributed by atoms with van der Waals surface area (Å²) in [5, 5.41) is 7.08. The van der Waals surface area contributed by atoms with Crippen molar-refractivity contribution in [2.45, 2.75) is 4.90 Å². The van der Waals surface area contributed by atoms with Gasteiger partial charge in [-0.1, -0.05) is 12.1 Å². The number of carbonyl (C=O) groups is 1. The van der Waals surface area contributed by atoms with Crippen LogP contribution in [0.5, 0.6) is 5.88 Å². The van der Waals surface area contributed by atoms with E-state index in [1.807, 2.05) is 7.05 Å². The molecule has 2 aromatic rings. The Hall–Kier alpha value is -2.56. The molecule has 1 aliphatic rings. The van der Waals surface area contributed by atoms with Gasteiger partial charge in [-0.3, -0.25) is 0 Å². The Kier molecular flexibility index (Phi) is 9.15. The Morgan fingerprint density at radius 1 is 1.12 bits per heavy atom. The van der Waals surface area contributed by atoms with Crippen LogP contribution in [0.4, 0.5) is 10.6 Å². The van der Waals surface area contributed by atoms with Gasteiger partial charge in [0.15, 0.2) is 5.82 Å². The molecule has 1 amide bonds. The number of primary sulfonamides is 1. The molecule has 0 saturated carbocycles. The summed E-state index contributed by atoms with van der Waals surface area (Å²) in [6.45, 7) is 1.91. The van der Waals surface area contributed by atoms with Crippen LogP contribution in [-0.4, -0.2) is 87.6 Å². The first kappa shape index (κ1) is 27.7. The van der Waals surface area contributed by atoms with E-state index in [1.54, 1.807) is 12.1 Å². The van der Waals surface area contributed by atoms with Crippen molar-refractivity contribution in [2.24, 2.45) is 5.14 Å². The summed E-state index contributed by atoms with van der Waals surface area (Å²) in [5.41, 5.74) is 6.52. The lowest BCUT2D eigenvalue weighted by Crippen LogP contribution is -2.46. The number of piperazine rings is 1. The number of hydrogen-bond donors (Lipinski definition) is 3. The summed E-state index contributed by atoms with van der Waals surface area (Å²) >= 11 is 0. The number of nitrogens with two attached hydrogens (primary N) is 2. The number of nitrogens with zero attached hydrogens (tertiary/aromatic N) is 4. The van der Waals surface area contributed by atoms with E-state index in [0.717, 1.165) is 0 Å². The third kappa shape index (κ3) is 7.22. The fraction of sp³-hybridized carbons (Fsp3) is 0.389. The van der Waals surface area contributed by atoms with Gasteiger partial charge in [-0.05, 0) is 19.2 Å². The van der Waals surface area contributed by atoms with Crippen LogP contribution < -0.4 is 20.9 Å². The number of nitrogen functional groups attached to an aromatic ring is 1. The van der Waals surface area contributed by atoms with E-state index < -0.39 is 31.9 Å². The van der Waals surface area contributed by atoms with Gasteiger partial charge >= 0.3 is 6.09 Å². The average Bonchev–Trinajstić information content (AvgIpc) is 2.75. The van der Waals surface area contributed by atoms with E-state index in [-0.39, 0.29) is 35.5 Å². The van der Waals surface area contributed by atoms with Gasteiger partial charge in [-0.2, -0.15) is 4.31 Å². The highest BCUT2D eigenvalue weighted by molar-refractivity contribution is 7.89. The van der Waals surface area contributed by atoms with Gasteiger partial charge in [-0.15, -0.1) is 12.4 Å². The SMILES string of the molecule is CN1CCN(S(=O)(=O)c2ccc(-c3cnc(N)c(OC(=O)NCCS(N)(=O)=O)n3)cc2)CC1.Cl. The zero-order valence-corrected chi connectivity index (χ0v) is 20.7. The van der Waals surface area contributed by atoms with Crippen molar-refractivity contribution in [3.63, 3.8) is 0 Å². The number of ether oxygens (including phenoxy) is 1. The lowest BCUT2D eigenvalue weighted by Gasteiger charge is -2.31. The average molecular weight is 536 g/mol. The van der Waals surface area contributed by atoms with Gasteiger partial charge in [0.25, 0.3) is 5.88 Å². The minimum absolute atomic E-state index is 0. The molecule has 16 heteroatoms. The summed E-state index contributed by atoms with van der Waals surface area (Å²) in [7, 11) is -5.41. The number of hydrogen-bond acceptors (Lipinski definition) is 10. The first-order valence-corrected chi connectivity index (χ1v) is 13.0. The number of anilines is 1. The molecule has 1 aromatic heterocycles. The standard InChI is InChI=1S/C18H25N7O6S2.ClH/c1-24-7-9-25(10-8-24)33(29,30)14-4-2-13(3-5-14)15-12-22-16(19)17(23-15)31-18(26)21-6-11-32(20,27)28;/h2-5,12H,6-11H2,1H3,(H2,19,22)(H,21,26)(H2,20,27,28);1H. The second kappa shape index (κ2) is 11.2. The lowest BCUT2D eigenvalue weighted by molar-refractivity contribution is 0.199. The van der Waals surface area contributed by atoms with Crippen LogP contribution in [0.2, 0.25) is 0 Å². The number of nitrogens with one attached hydrogen (secondary N) is 1. The Labute approximate surface area is 204 Å². The van der Waals surface area contributed by atoms with Crippen molar-refractivity contribution in [3.8, 4) is 17.1 Å². The first-order valence-electron chi connectivity index (χ1n) is 9.83. The van der Waals surface area contributed by atoms with Gasteiger partial charge in [-0.25, -0.2) is 36.7 Å². The second-order valence-corrected chi connectivity index (χ2v) is 11.0. The predicted molar refractivity (Wildman–Crippen MR) is 127 cm³/mol. The van der Waals surface area contributed by atoms with Crippen LogP contribution in [0, 0.1) is 0 Å². The van der Waals surface area contributed by atoms with E-state index in [0.29, 0.717) is 37.4 Å². The predicted octanol–water partition coefficient (Wildman–Crippen LogP) is -0.539. The summed E-state index contributed by atoms with van der Waals surface area (Å²) in [6.07, 6.45) is 0.371. The number of likely N-dealkylation sites (N-methyl/N-ethyl adjacent to an activating group) is 1. The summed E-state index contributed by atoms with van der Waals surface area (Å²) in [6, 6.07) is 6.08. The molecule has 0 unspecified atom stereocenters. The quantitative estimate of drug-likeness (QED) is 0.414. The minimum atomic E-state index is -3.74. The number of aromatic nitrogens is 2. The molecule has 0 bridgehead atoms. The van der Waals surface area contributed by atoms with Crippen LogP contribution in [0.1, 0.15) is 0 Å². The number of sulfonamides is 2. The van der Waals surface area contributed by atoms with Gasteiger partial charge in [0, 0.05) is 38.3 Å². The molecule has 0 atom stereocenters. The molecule has 2 heterocycles. The van der Waals surface area contributed by atoms with Crippen molar-refractivity contribution in [2.75, 3.05) is 51.3 Å². The number of amides is 1. The maximum Gasteiger partial charge on any atom is 0.414 e. The molecule has 0 aliphatic carbocycles. The highest BCUT2D eigenvalue weighted by atomic mass is 35.5. The van der Waals surface area contributed by atoms with Gasteiger partial charge in [0.05, 0.1) is 22.5 Å². The van der Waals surface area contributed by atoms with E-state index in [2.05, 4.69) is 20.2 Å². The number of rotatable bonds is 7. The zero-order chi connectivity index (χ0) is 24.2. The smallest absolute Gasteiger partial charge is 0.387 e. The highest BCUT2D eigenvalue weighted by Gasteiger charge is 2.27. The molecule has 0 radical (unpaired) electrons. The normalized spacial score (nSPS) is 15.4. The van der Waals surface area contributed by atoms with Crippen molar-refractivity contribution < 1.29 is 26.4 Å². The van der Waals surface area contributed by atoms with Crippen molar-refractivity contribution >= 4 is 44.4 Å². The van der Waals surface area contributed by atoms with Crippen LogP contribution in [-0.2, 0) is 20.0 Å². The Bertz CT molecular complexity index is 1220. The van der Waals surface area contributed by atoms with Gasteiger partial charge in [0.2, 0.25) is 20.0 Å². The maximum absolute atomic E-state index is 12.9. The second-order valence-electron chi connectivity index (χ2n) is 7.36. The van der Waals surface area contributed by atoms with Crippen LogP contribution in [0.3, 0.4) is 0 Å². The van der Waals surface area contributed by atoms with E-state index in [1.165, 1.54) is 22.6 Å². The number of halogens is 1. The Morgan fingerprint density at radius 3 is 2.32 bits per heavy atom. The molecule has 1 fully saturated rings. The Balaban J connectivity index is 0.00000408. The highest BCUT2D eigenvalue weighted by Crippen LogP contribution is 2.25. The zero-order valence-electron chi connectivity index (χ0n) is 18.2. The van der Waals surface area contributed by atoms with Crippen LogP contribution >= 0.6 is 12.4 Å². The number of benzene rings is 1. The van der Waals surface area contributed by atoms with Crippen molar-refractivity contribution in [1.29, 1.82) is 0 Å². The molecular weight excluding hydrogens is 510 g/mol. The van der Waals surface area contributed by atoms with Gasteiger partial charge in [0.1, 0.15) is 0 Å². The summed E-state index contributed by atoms with van der Waals surface area (Å²) in [5.74, 6) is -0.906. The van der Waals surface area contributed by atoms with E-state index in [4.69, 9.17) is 15.6 Å². The fourth-order valence-electron chi connectivity index (χ4n) is 2.99. The van der Waals surface area contributed by atoms with Crippen LogP contribution in [0.25, 0.3) is 11.3 Å². The van der Waals surface area contributed by atoms with Crippen molar-refractivity contribution in [1.82, 2.24) is 24.5 Å². The molecule has 1 aromatic carbocycles. The topological polar surface area (TPSA) is 191 Å². The Morgan fingerprint density at radius 2 is 1.74 bits per heavy atom. The van der Waals surface area contributed by atoms with Crippen molar-refractivity contribution in [3.05, 3.63) is 30.5 Å². The summed E-state index contributed by atoms with van der Waals surface area (Å²) < 4.78 is 54.0. The van der Waals surface area contributed by atoms with Crippen LogP contribution in [0.15, 0.2) is 35.4 Å². The molecule has 188 valence electrons. The first-order chi connectivity index (χ1) is 15.5. The minimum Gasteiger partial charge on any atom is -0.387 e. The number of carbonyl (C=O) groups excluding carboxylic acids is 1. The largest absolute Gasteiger partial charge is 0.414 e. The summed E-state index contributed by atoms with van der Waals surface area (Å²) in [4.78, 5) is 22.2. The molecule has 1 saturated heterocycles. The fourth-order valence-corrected chi connectivity index (χ4v) is 4.80. The third-order valence-electron chi connectivity index (χ3n) is 4.86. The van der Waals surface area contributed by atoms with E-state index in [9.17, 15) is 21.6 Å². The monoisotopic (exact) mass is 535 g/mol. The molecule has 5 N–H and O–H groups in total. The molecule has 13 nitrogen and oxygen atoms in total. The molecule has 34 heavy (non-hydrogen) atoms. The maximum atomic E-state index is 12.9. The third-order valence-corrected chi connectivity index (χ3v) is 7.55. The lowest BCUT2D eigenvalue weighted by atomic mass is 10.2. The molecule has 1 aliphatic heterocycles. The molecule has 0 spiro atoms.